The van der Waals surface area contributed by atoms with Gasteiger partial charge in [0.15, 0.2) is 0 Å². The van der Waals surface area contributed by atoms with E-state index in [4.69, 9.17) is 14.6 Å². The summed E-state index contributed by atoms with van der Waals surface area (Å²) in [5, 5.41) is 17.3. The third-order valence-corrected chi connectivity index (χ3v) is 6.46. The van der Waals surface area contributed by atoms with Crippen LogP contribution < -0.4 is 16.0 Å². The zero-order chi connectivity index (χ0) is 29.0. The molecule has 0 radical (unpaired) electrons. The molecule has 224 valence electrons. The summed E-state index contributed by atoms with van der Waals surface area (Å²) in [7, 11) is 0. The number of carbonyl (C=O) groups excluding carboxylic acids is 4. The zero-order valence-corrected chi connectivity index (χ0v) is 25.5. The molecule has 0 aliphatic rings. The quantitative estimate of drug-likeness (QED) is 0.129. The average molecular weight is 583 g/mol. The highest BCUT2D eigenvalue weighted by atomic mass is 32.2. The monoisotopic (exact) mass is 582 g/mol. The molecule has 0 spiro atoms. The molecule has 4 amide bonds. The molecule has 0 bridgehead atoms. The van der Waals surface area contributed by atoms with Crippen molar-refractivity contribution in [3.05, 3.63) is 0 Å². The van der Waals surface area contributed by atoms with Crippen molar-refractivity contribution >= 4 is 47.2 Å². The predicted molar refractivity (Wildman–Crippen MR) is 156 cm³/mol. The molecule has 0 unspecified atom stereocenters. The summed E-state index contributed by atoms with van der Waals surface area (Å²) in [5.41, 5.74) is 0. The third-order valence-electron chi connectivity index (χ3n) is 4.49. The summed E-state index contributed by atoms with van der Waals surface area (Å²) >= 11 is 3.06. The number of aliphatic hydroxyl groups excluding tert-OH is 1. The van der Waals surface area contributed by atoms with Crippen LogP contribution in [0, 0.1) is 0 Å². The summed E-state index contributed by atoms with van der Waals surface area (Å²) in [4.78, 5) is 50.2. The van der Waals surface area contributed by atoms with Gasteiger partial charge < -0.3 is 35.4 Å². The van der Waals surface area contributed by atoms with E-state index in [0.717, 1.165) is 5.75 Å². The van der Waals surface area contributed by atoms with Crippen LogP contribution >= 0.6 is 23.5 Å². The van der Waals surface area contributed by atoms with Gasteiger partial charge in [0.05, 0.1) is 44.5 Å². The fourth-order valence-corrected chi connectivity index (χ4v) is 3.76. The number of aliphatic hydroxyl groups is 1. The minimum atomic E-state index is -0.257. The SMILES string of the molecule is CC.CCSCC(=O)NCCN(CCNC(=O)CSC(C)C)C(=O)CCC(=O)NCCOCCOCCO. The molecule has 38 heavy (non-hydrogen) atoms. The Kier molecular flexibility index (Phi) is 28.9. The maximum atomic E-state index is 12.7. The smallest absolute Gasteiger partial charge is 0.230 e. The lowest BCUT2D eigenvalue weighted by molar-refractivity contribution is -0.134. The summed E-state index contributed by atoms with van der Waals surface area (Å²) in [6, 6.07) is 0. The zero-order valence-electron chi connectivity index (χ0n) is 23.8. The number of nitrogens with zero attached hydrogens (tertiary/aromatic N) is 1. The minimum Gasteiger partial charge on any atom is -0.394 e. The van der Waals surface area contributed by atoms with E-state index in [1.165, 1.54) is 11.8 Å². The number of thioether (sulfide) groups is 2. The average Bonchev–Trinajstić information content (AvgIpc) is 2.91. The Bertz CT molecular complexity index is 629. The van der Waals surface area contributed by atoms with E-state index in [-0.39, 0.29) is 49.7 Å². The molecule has 0 aromatic rings. The fraction of sp³-hybridized carbons (Fsp3) is 0.840. The Hall–Kier alpha value is -1.54. The molecular weight excluding hydrogens is 532 g/mol. The maximum absolute atomic E-state index is 12.7. The van der Waals surface area contributed by atoms with Crippen molar-refractivity contribution in [2.24, 2.45) is 0 Å². The summed E-state index contributed by atoms with van der Waals surface area (Å²) < 4.78 is 10.4. The highest BCUT2D eigenvalue weighted by Gasteiger charge is 2.16. The van der Waals surface area contributed by atoms with Gasteiger partial charge in [-0.15, -0.1) is 11.8 Å². The van der Waals surface area contributed by atoms with Crippen molar-refractivity contribution < 1.29 is 33.8 Å². The molecule has 13 heteroatoms. The Morgan fingerprint density at radius 2 is 1.34 bits per heavy atom. The molecule has 0 aromatic heterocycles. The van der Waals surface area contributed by atoms with Gasteiger partial charge in [-0.2, -0.15) is 11.8 Å². The second kappa shape index (κ2) is 28.5. The number of amides is 4. The molecule has 0 atom stereocenters. The van der Waals surface area contributed by atoms with Crippen LogP contribution in [0.1, 0.15) is 47.5 Å². The van der Waals surface area contributed by atoms with Crippen molar-refractivity contribution in [2.75, 3.05) is 83.0 Å². The van der Waals surface area contributed by atoms with Crippen molar-refractivity contribution in [1.82, 2.24) is 20.9 Å². The van der Waals surface area contributed by atoms with Crippen LogP contribution in [0.5, 0.6) is 0 Å². The first kappa shape index (κ1) is 38.6. The summed E-state index contributed by atoms with van der Waals surface area (Å²) in [6.07, 6.45) is 0.0598. The lowest BCUT2D eigenvalue weighted by atomic mass is 10.2. The van der Waals surface area contributed by atoms with E-state index in [1.807, 2.05) is 34.6 Å². The van der Waals surface area contributed by atoms with Crippen LogP contribution in [0.3, 0.4) is 0 Å². The highest BCUT2D eigenvalue weighted by Crippen LogP contribution is 2.07. The molecule has 0 saturated heterocycles. The van der Waals surface area contributed by atoms with Crippen molar-refractivity contribution in [2.45, 2.75) is 52.7 Å². The Balaban J connectivity index is 0. The number of hydrogen-bond donors (Lipinski definition) is 4. The van der Waals surface area contributed by atoms with E-state index < -0.39 is 0 Å². The second-order valence-corrected chi connectivity index (χ2v) is 10.7. The third kappa shape index (κ3) is 26.1. The van der Waals surface area contributed by atoms with Gasteiger partial charge in [0.2, 0.25) is 23.6 Å². The first-order valence-electron chi connectivity index (χ1n) is 13.3. The maximum Gasteiger partial charge on any atom is 0.230 e. The second-order valence-electron chi connectivity index (χ2n) is 7.88. The molecule has 0 rings (SSSR count). The van der Waals surface area contributed by atoms with Crippen LogP contribution in [0.25, 0.3) is 0 Å². The van der Waals surface area contributed by atoms with Gasteiger partial charge in [-0.25, -0.2) is 0 Å². The highest BCUT2D eigenvalue weighted by molar-refractivity contribution is 8.00. The normalized spacial score (nSPS) is 10.4. The molecule has 0 heterocycles. The first-order chi connectivity index (χ1) is 18.3. The van der Waals surface area contributed by atoms with Crippen molar-refractivity contribution in [1.29, 1.82) is 0 Å². The molecule has 0 saturated carbocycles. The largest absolute Gasteiger partial charge is 0.394 e. The molecule has 11 nitrogen and oxygen atoms in total. The number of ether oxygens (including phenoxy) is 2. The molecule has 4 N–H and O–H groups in total. The van der Waals surface area contributed by atoms with Crippen LogP contribution in [0.4, 0.5) is 0 Å². The van der Waals surface area contributed by atoms with Crippen LogP contribution in [0.2, 0.25) is 0 Å². The van der Waals surface area contributed by atoms with E-state index in [9.17, 15) is 19.2 Å². The molecule has 0 aromatic carbocycles. The number of nitrogens with one attached hydrogen (secondary N) is 3. The van der Waals surface area contributed by atoms with E-state index in [2.05, 4.69) is 16.0 Å². The van der Waals surface area contributed by atoms with Crippen LogP contribution in [0.15, 0.2) is 0 Å². The van der Waals surface area contributed by atoms with Gasteiger partial charge in [-0.3, -0.25) is 19.2 Å². The van der Waals surface area contributed by atoms with Crippen molar-refractivity contribution in [3.63, 3.8) is 0 Å². The van der Waals surface area contributed by atoms with Crippen molar-refractivity contribution in [3.8, 4) is 0 Å². The van der Waals surface area contributed by atoms with Gasteiger partial charge in [-0.05, 0) is 11.0 Å². The van der Waals surface area contributed by atoms with Crippen LogP contribution in [-0.4, -0.2) is 122 Å². The fourth-order valence-electron chi connectivity index (χ4n) is 2.68. The molecule has 0 fully saturated rings. The summed E-state index contributed by atoms with van der Waals surface area (Å²) in [5.74, 6) is 0.921. The number of hydrogen-bond acceptors (Lipinski definition) is 9. The molecule has 0 aliphatic carbocycles. The molecule has 0 aliphatic heterocycles. The van der Waals surface area contributed by atoms with Gasteiger partial charge >= 0.3 is 0 Å². The standard InChI is InChI=1S/C23H44N4O7S2.C2H6/c1-4-35-17-21(30)24-7-10-27(11-8-25-22(31)18-36-19(2)3)23(32)6-5-20(29)26-9-13-33-15-16-34-14-12-28;1-2/h19,28H,4-18H2,1-3H3,(H,24,30)(H,25,31)(H,26,29);1-2H3. The van der Waals surface area contributed by atoms with E-state index in [0.29, 0.717) is 69.3 Å². The predicted octanol–water partition coefficient (Wildman–Crippen LogP) is 0.890. The van der Waals surface area contributed by atoms with Gasteiger partial charge in [0.25, 0.3) is 0 Å². The van der Waals surface area contributed by atoms with Gasteiger partial charge in [-0.1, -0.05) is 34.6 Å². The number of carbonyl (C=O) groups is 4. The number of rotatable bonds is 23. The first-order valence-corrected chi connectivity index (χ1v) is 15.5. The summed E-state index contributed by atoms with van der Waals surface area (Å²) in [6.45, 7) is 12.8. The van der Waals surface area contributed by atoms with Crippen LogP contribution in [-0.2, 0) is 28.7 Å². The van der Waals surface area contributed by atoms with Gasteiger partial charge in [0, 0.05) is 45.6 Å². The van der Waals surface area contributed by atoms with E-state index in [1.54, 1.807) is 16.7 Å². The lowest BCUT2D eigenvalue weighted by Crippen LogP contribution is -2.43. The lowest BCUT2D eigenvalue weighted by Gasteiger charge is -2.23. The van der Waals surface area contributed by atoms with E-state index >= 15 is 0 Å². The Labute approximate surface area is 237 Å². The molecular formula is C25H50N4O7S2. The Morgan fingerprint density at radius 3 is 1.89 bits per heavy atom. The van der Waals surface area contributed by atoms with Gasteiger partial charge in [0.1, 0.15) is 0 Å². The topological polar surface area (TPSA) is 146 Å². The minimum absolute atomic E-state index is 0.0263. The Morgan fingerprint density at radius 1 is 0.789 bits per heavy atom.